The third-order valence-electron chi connectivity index (χ3n) is 5.46. The molecule has 6 nitrogen and oxygen atoms in total. The minimum absolute atomic E-state index is 0.00758. The summed E-state index contributed by atoms with van der Waals surface area (Å²) in [6.07, 6.45) is 4.01. The van der Waals surface area contributed by atoms with Gasteiger partial charge in [0.15, 0.2) is 0 Å². The van der Waals surface area contributed by atoms with Gasteiger partial charge in [-0.3, -0.25) is 19.5 Å². The standard InChI is InChI=1S/C26H23ClN2O4/c1-3-13-33-20-6-4-5-18(15-20)24(30)22-23(17-9-11-28-12-10-17)29(26(32)25(22)31)21-8-7-19(27)14-16(21)2/h4-12,14-15,23,30H,3,13H2,1-2H3/b24-22+. The van der Waals surface area contributed by atoms with Crippen molar-refractivity contribution in [2.24, 2.45) is 0 Å². The van der Waals surface area contributed by atoms with Crippen LogP contribution in [0.25, 0.3) is 5.76 Å². The van der Waals surface area contributed by atoms with E-state index in [4.69, 9.17) is 16.3 Å². The van der Waals surface area contributed by atoms with E-state index in [-0.39, 0.29) is 11.3 Å². The van der Waals surface area contributed by atoms with Crippen molar-refractivity contribution in [2.75, 3.05) is 11.5 Å². The predicted molar refractivity (Wildman–Crippen MR) is 127 cm³/mol. The number of carbonyl (C=O) groups is 2. The molecule has 7 heteroatoms. The highest BCUT2D eigenvalue weighted by molar-refractivity contribution is 6.51. The molecule has 33 heavy (non-hydrogen) atoms. The van der Waals surface area contributed by atoms with Crippen LogP contribution in [0, 0.1) is 6.92 Å². The Balaban J connectivity index is 1.90. The zero-order chi connectivity index (χ0) is 23.5. The van der Waals surface area contributed by atoms with Gasteiger partial charge in [-0.25, -0.2) is 0 Å². The number of Topliss-reactive ketones (excluding diaryl/α,β-unsaturated/α-hetero) is 1. The highest BCUT2D eigenvalue weighted by Crippen LogP contribution is 2.43. The number of pyridine rings is 1. The van der Waals surface area contributed by atoms with E-state index >= 15 is 0 Å². The van der Waals surface area contributed by atoms with Crippen molar-refractivity contribution in [1.29, 1.82) is 0 Å². The molecular formula is C26H23ClN2O4. The average molecular weight is 463 g/mol. The number of nitrogens with zero attached hydrogens (tertiary/aromatic N) is 2. The monoisotopic (exact) mass is 462 g/mol. The van der Waals surface area contributed by atoms with E-state index in [9.17, 15) is 14.7 Å². The molecule has 0 radical (unpaired) electrons. The second-order valence-electron chi connectivity index (χ2n) is 7.76. The van der Waals surface area contributed by atoms with E-state index in [2.05, 4.69) is 4.98 Å². The molecule has 168 valence electrons. The maximum Gasteiger partial charge on any atom is 0.300 e. The highest BCUT2D eigenvalue weighted by Gasteiger charge is 2.47. The Hall–Kier alpha value is -3.64. The fraction of sp³-hybridized carbons (Fsp3) is 0.192. The normalized spacial score (nSPS) is 17.4. The Kier molecular flexibility index (Phi) is 6.47. The first-order chi connectivity index (χ1) is 15.9. The summed E-state index contributed by atoms with van der Waals surface area (Å²) in [7, 11) is 0. The molecule has 1 unspecified atom stereocenters. The quantitative estimate of drug-likeness (QED) is 0.299. The van der Waals surface area contributed by atoms with Crippen LogP contribution in [-0.2, 0) is 9.59 Å². The van der Waals surface area contributed by atoms with E-state index in [1.807, 2.05) is 13.8 Å². The second-order valence-corrected chi connectivity index (χ2v) is 8.19. The summed E-state index contributed by atoms with van der Waals surface area (Å²) >= 11 is 6.11. The maximum atomic E-state index is 13.2. The molecule has 1 aliphatic heterocycles. The number of aliphatic hydroxyl groups is 1. The summed E-state index contributed by atoms with van der Waals surface area (Å²) in [5.74, 6) is -1.17. The molecule has 1 amide bonds. The Bertz CT molecular complexity index is 1240. The smallest absolute Gasteiger partial charge is 0.300 e. The van der Waals surface area contributed by atoms with Crippen LogP contribution in [0.3, 0.4) is 0 Å². The maximum absolute atomic E-state index is 13.2. The van der Waals surface area contributed by atoms with Crippen LogP contribution in [0.5, 0.6) is 5.75 Å². The molecule has 1 atom stereocenters. The summed E-state index contributed by atoms with van der Waals surface area (Å²) in [6.45, 7) is 4.35. The van der Waals surface area contributed by atoms with Gasteiger partial charge in [0, 0.05) is 28.7 Å². The number of aryl methyl sites for hydroxylation is 1. The van der Waals surface area contributed by atoms with Gasteiger partial charge in [0.1, 0.15) is 11.5 Å². The van der Waals surface area contributed by atoms with Crippen LogP contribution in [0.4, 0.5) is 5.69 Å². The van der Waals surface area contributed by atoms with Gasteiger partial charge in [0.05, 0.1) is 18.2 Å². The minimum atomic E-state index is -0.826. The zero-order valence-corrected chi connectivity index (χ0v) is 19.0. The molecule has 4 rings (SSSR count). The number of aromatic nitrogens is 1. The number of halogens is 1. The average Bonchev–Trinajstić information content (AvgIpc) is 3.08. The SMILES string of the molecule is CCCOc1cccc(/C(O)=C2\C(=O)C(=O)N(c3ccc(Cl)cc3C)C2c2ccncc2)c1. The van der Waals surface area contributed by atoms with E-state index in [1.165, 1.54) is 4.90 Å². The van der Waals surface area contributed by atoms with Gasteiger partial charge in [-0.1, -0.05) is 30.7 Å². The lowest BCUT2D eigenvalue weighted by Gasteiger charge is -2.26. The zero-order valence-electron chi connectivity index (χ0n) is 18.3. The summed E-state index contributed by atoms with van der Waals surface area (Å²) in [4.78, 5) is 31.9. The number of anilines is 1. The predicted octanol–water partition coefficient (Wildman–Crippen LogP) is 5.46. The molecule has 1 aromatic heterocycles. The van der Waals surface area contributed by atoms with Crippen molar-refractivity contribution in [3.05, 3.63) is 94.3 Å². The molecule has 0 saturated carbocycles. The molecule has 1 saturated heterocycles. The number of rotatable bonds is 6. The third kappa shape index (κ3) is 4.34. The molecule has 0 spiro atoms. The summed E-state index contributed by atoms with van der Waals surface area (Å²) in [5.41, 5.74) is 2.33. The Morgan fingerprint density at radius 3 is 2.58 bits per heavy atom. The number of hydrogen-bond acceptors (Lipinski definition) is 5. The number of aliphatic hydroxyl groups excluding tert-OH is 1. The van der Waals surface area contributed by atoms with Crippen molar-refractivity contribution in [2.45, 2.75) is 26.3 Å². The Morgan fingerprint density at radius 1 is 1.12 bits per heavy atom. The molecule has 2 aromatic carbocycles. The third-order valence-corrected chi connectivity index (χ3v) is 5.70. The van der Waals surface area contributed by atoms with Crippen LogP contribution in [-0.4, -0.2) is 28.4 Å². The lowest BCUT2D eigenvalue weighted by atomic mass is 9.95. The van der Waals surface area contributed by atoms with Crippen molar-refractivity contribution in [1.82, 2.24) is 4.98 Å². The van der Waals surface area contributed by atoms with Gasteiger partial charge in [-0.15, -0.1) is 0 Å². The fourth-order valence-corrected chi connectivity index (χ4v) is 4.17. The van der Waals surface area contributed by atoms with Gasteiger partial charge in [0.25, 0.3) is 11.7 Å². The summed E-state index contributed by atoms with van der Waals surface area (Å²) in [6, 6.07) is 14.6. The van der Waals surface area contributed by atoms with Crippen molar-refractivity contribution in [3.8, 4) is 5.75 Å². The molecule has 1 N–H and O–H groups in total. The first kappa shape index (κ1) is 22.6. The first-order valence-electron chi connectivity index (χ1n) is 10.6. The van der Waals surface area contributed by atoms with Crippen molar-refractivity contribution in [3.63, 3.8) is 0 Å². The van der Waals surface area contributed by atoms with Gasteiger partial charge in [-0.2, -0.15) is 0 Å². The van der Waals surface area contributed by atoms with E-state index in [0.29, 0.717) is 34.2 Å². The summed E-state index contributed by atoms with van der Waals surface area (Å²) in [5, 5.41) is 11.8. The number of benzene rings is 2. The lowest BCUT2D eigenvalue weighted by molar-refractivity contribution is -0.132. The number of amides is 1. The molecule has 0 bridgehead atoms. The Morgan fingerprint density at radius 2 is 1.88 bits per heavy atom. The summed E-state index contributed by atoms with van der Waals surface area (Å²) < 4.78 is 5.67. The van der Waals surface area contributed by atoms with Crippen molar-refractivity contribution < 1.29 is 19.4 Å². The fourth-order valence-electron chi connectivity index (χ4n) is 3.94. The minimum Gasteiger partial charge on any atom is -0.507 e. The Labute approximate surface area is 197 Å². The van der Waals surface area contributed by atoms with E-state index < -0.39 is 17.7 Å². The van der Waals surface area contributed by atoms with E-state index in [0.717, 1.165) is 12.0 Å². The number of ketones is 1. The number of ether oxygens (including phenoxy) is 1. The lowest BCUT2D eigenvalue weighted by Crippen LogP contribution is -2.30. The number of carbonyl (C=O) groups excluding carboxylic acids is 2. The van der Waals surface area contributed by atoms with Crippen LogP contribution in [0.15, 0.2) is 72.6 Å². The molecule has 2 heterocycles. The van der Waals surface area contributed by atoms with Crippen LogP contribution in [0.2, 0.25) is 5.02 Å². The van der Waals surface area contributed by atoms with Crippen molar-refractivity contribution >= 4 is 34.7 Å². The molecular weight excluding hydrogens is 440 g/mol. The van der Waals surface area contributed by atoms with Gasteiger partial charge < -0.3 is 9.84 Å². The van der Waals surface area contributed by atoms with Crippen LogP contribution in [0.1, 0.15) is 36.1 Å². The molecule has 3 aromatic rings. The number of hydrogen-bond donors (Lipinski definition) is 1. The molecule has 1 aliphatic rings. The topological polar surface area (TPSA) is 79.7 Å². The van der Waals surface area contributed by atoms with Crippen LogP contribution >= 0.6 is 11.6 Å². The van der Waals surface area contributed by atoms with Gasteiger partial charge in [0.2, 0.25) is 0 Å². The van der Waals surface area contributed by atoms with Gasteiger partial charge in [-0.05, 0) is 66.9 Å². The van der Waals surface area contributed by atoms with Gasteiger partial charge >= 0.3 is 0 Å². The second kappa shape index (κ2) is 9.46. The molecule has 1 fully saturated rings. The molecule has 0 aliphatic carbocycles. The highest BCUT2D eigenvalue weighted by atomic mass is 35.5. The van der Waals surface area contributed by atoms with Crippen LogP contribution < -0.4 is 9.64 Å². The van der Waals surface area contributed by atoms with E-state index in [1.54, 1.807) is 67.0 Å². The largest absolute Gasteiger partial charge is 0.507 e. The first-order valence-corrected chi connectivity index (χ1v) is 11.0.